The normalized spacial score (nSPS) is 18.5. The fourth-order valence-corrected chi connectivity index (χ4v) is 4.24. The predicted octanol–water partition coefficient (Wildman–Crippen LogP) is 4.33. The predicted molar refractivity (Wildman–Crippen MR) is 127 cm³/mol. The van der Waals surface area contributed by atoms with Gasteiger partial charge in [-0.25, -0.2) is 4.98 Å². The fraction of sp³-hybridized carbons (Fsp3) is 0.440. The van der Waals surface area contributed by atoms with E-state index in [1.807, 2.05) is 55.1 Å². The second kappa shape index (κ2) is 10.0. The van der Waals surface area contributed by atoms with E-state index in [0.717, 1.165) is 42.2 Å². The van der Waals surface area contributed by atoms with Gasteiger partial charge in [0.2, 0.25) is 0 Å². The number of benzene rings is 1. The molecule has 2 N–H and O–H groups in total. The maximum absolute atomic E-state index is 13.3. The topological polar surface area (TPSA) is 97.7 Å². The molecule has 3 aromatic rings. The molecule has 0 saturated heterocycles. The average molecular weight is 449 g/mol. The molecule has 1 atom stereocenters. The monoisotopic (exact) mass is 448 g/mol. The van der Waals surface area contributed by atoms with E-state index in [9.17, 15) is 4.79 Å². The van der Waals surface area contributed by atoms with Crippen LogP contribution in [0.4, 0.5) is 0 Å². The van der Waals surface area contributed by atoms with Crippen molar-refractivity contribution in [3.8, 4) is 5.75 Å². The Kier molecular flexibility index (Phi) is 6.91. The Morgan fingerprint density at radius 1 is 1.12 bits per heavy atom. The van der Waals surface area contributed by atoms with E-state index >= 15 is 0 Å². The largest absolute Gasteiger partial charge is 0.494 e. The Bertz CT molecular complexity index is 1100. The van der Waals surface area contributed by atoms with Crippen LogP contribution < -0.4 is 10.1 Å². The number of amides is 1. The fourth-order valence-electron chi connectivity index (χ4n) is 4.24. The lowest BCUT2D eigenvalue weighted by atomic mass is 9.79. The van der Waals surface area contributed by atoms with E-state index in [2.05, 4.69) is 32.5 Å². The molecule has 0 unspecified atom stereocenters. The Hall–Kier alpha value is -3.42. The molecule has 1 aliphatic rings. The first-order valence-corrected chi connectivity index (χ1v) is 11.7. The van der Waals surface area contributed by atoms with Gasteiger partial charge >= 0.3 is 0 Å². The van der Waals surface area contributed by atoms with Gasteiger partial charge < -0.3 is 10.1 Å². The highest BCUT2D eigenvalue weighted by molar-refractivity contribution is 6.27. The van der Waals surface area contributed by atoms with E-state index in [-0.39, 0.29) is 5.91 Å². The third kappa shape index (κ3) is 4.99. The molecule has 0 saturated carbocycles. The van der Waals surface area contributed by atoms with Gasteiger partial charge in [0.1, 0.15) is 12.1 Å². The summed E-state index contributed by atoms with van der Waals surface area (Å²) in [5.74, 6) is 1.10. The Morgan fingerprint density at radius 2 is 1.94 bits per heavy atom. The van der Waals surface area contributed by atoms with Crippen molar-refractivity contribution in [2.45, 2.75) is 65.0 Å². The van der Waals surface area contributed by atoms with Crippen LogP contribution >= 0.6 is 0 Å². The number of unbranched alkanes of at least 4 members (excludes halogenated alkanes) is 3. The zero-order valence-electron chi connectivity index (χ0n) is 19.6. The first-order valence-electron chi connectivity index (χ1n) is 11.7. The number of nitrogens with zero attached hydrogens (tertiary/aromatic N) is 4. The van der Waals surface area contributed by atoms with E-state index < -0.39 is 5.54 Å². The number of aryl methyl sites for hydroxylation is 1. The molecule has 3 heterocycles. The zero-order valence-corrected chi connectivity index (χ0v) is 19.6. The van der Waals surface area contributed by atoms with Crippen LogP contribution in [0.15, 0.2) is 42.9 Å². The quantitative estimate of drug-likeness (QED) is 0.450. The van der Waals surface area contributed by atoms with E-state index in [4.69, 9.17) is 4.74 Å². The number of nitrogens with one attached hydrogen (secondary N) is 2. The summed E-state index contributed by atoms with van der Waals surface area (Å²) >= 11 is 0. The molecule has 8 nitrogen and oxygen atoms in total. The summed E-state index contributed by atoms with van der Waals surface area (Å²) in [5.41, 5.74) is 2.53. The van der Waals surface area contributed by atoms with Gasteiger partial charge in [-0.2, -0.15) is 10.2 Å². The lowest BCUT2D eigenvalue weighted by Gasteiger charge is -2.37. The molecule has 0 spiro atoms. The molecule has 0 aliphatic carbocycles. The number of hydrogen-bond acceptors (Lipinski definition) is 5. The van der Waals surface area contributed by atoms with Crippen LogP contribution in [0.5, 0.6) is 5.75 Å². The van der Waals surface area contributed by atoms with Crippen molar-refractivity contribution in [3.05, 3.63) is 59.9 Å². The molecular weight excluding hydrogens is 416 g/mol. The summed E-state index contributed by atoms with van der Waals surface area (Å²) in [6.45, 7) is 7.76. The standard InChI is InChI=1S/C25H32N6O2/c1-4-6-7-8-15-33-19-11-9-18(10-12-19)25(3)16-20(21-13-14-31(5-2)30-21)22(24(32)28-25)23-26-17-27-29-23/h9-14,17H,4-8,15-16H2,1-3H3,(H,28,32)(H,26,27,29)/t25-/m0/s1. The van der Waals surface area contributed by atoms with Crippen LogP contribution in [0, 0.1) is 0 Å². The van der Waals surface area contributed by atoms with Gasteiger partial charge in [-0.3, -0.25) is 14.6 Å². The summed E-state index contributed by atoms with van der Waals surface area (Å²) < 4.78 is 7.75. The molecule has 0 radical (unpaired) electrons. The van der Waals surface area contributed by atoms with Crippen LogP contribution in [-0.4, -0.2) is 37.5 Å². The summed E-state index contributed by atoms with van der Waals surface area (Å²) in [6.07, 6.45) is 8.62. The van der Waals surface area contributed by atoms with Gasteiger partial charge in [-0.1, -0.05) is 38.3 Å². The van der Waals surface area contributed by atoms with Gasteiger partial charge in [-0.15, -0.1) is 0 Å². The minimum absolute atomic E-state index is 0.196. The second-order valence-electron chi connectivity index (χ2n) is 8.64. The van der Waals surface area contributed by atoms with Gasteiger partial charge in [0.15, 0.2) is 5.82 Å². The molecule has 1 amide bonds. The number of carbonyl (C=O) groups is 1. The van der Waals surface area contributed by atoms with Crippen molar-refractivity contribution in [3.63, 3.8) is 0 Å². The molecule has 2 aromatic heterocycles. The highest BCUT2D eigenvalue weighted by atomic mass is 16.5. The highest BCUT2D eigenvalue weighted by Crippen LogP contribution is 2.40. The van der Waals surface area contributed by atoms with Crippen molar-refractivity contribution in [2.75, 3.05) is 6.61 Å². The molecule has 33 heavy (non-hydrogen) atoms. The number of ether oxygens (including phenoxy) is 1. The van der Waals surface area contributed by atoms with Crippen molar-refractivity contribution in [1.82, 2.24) is 30.3 Å². The first-order chi connectivity index (χ1) is 16.0. The van der Waals surface area contributed by atoms with Gasteiger partial charge in [-0.05, 0) is 49.6 Å². The minimum atomic E-state index is -0.592. The van der Waals surface area contributed by atoms with Crippen LogP contribution in [-0.2, 0) is 16.9 Å². The van der Waals surface area contributed by atoms with Gasteiger partial charge in [0.25, 0.3) is 5.91 Å². The Labute approximate surface area is 194 Å². The first kappa shape index (κ1) is 22.8. The molecule has 1 aromatic carbocycles. The number of aromatic amines is 1. The third-order valence-electron chi connectivity index (χ3n) is 6.13. The summed E-state index contributed by atoms with van der Waals surface area (Å²) in [4.78, 5) is 17.6. The Morgan fingerprint density at radius 3 is 2.61 bits per heavy atom. The lowest BCUT2D eigenvalue weighted by Crippen LogP contribution is -2.47. The number of hydrogen-bond donors (Lipinski definition) is 2. The van der Waals surface area contributed by atoms with Crippen molar-refractivity contribution < 1.29 is 9.53 Å². The van der Waals surface area contributed by atoms with E-state index in [1.165, 1.54) is 25.6 Å². The van der Waals surface area contributed by atoms with Crippen LogP contribution in [0.1, 0.15) is 70.0 Å². The van der Waals surface area contributed by atoms with Crippen LogP contribution in [0.2, 0.25) is 0 Å². The van der Waals surface area contributed by atoms with Crippen molar-refractivity contribution in [2.24, 2.45) is 0 Å². The summed E-state index contributed by atoms with van der Waals surface area (Å²) in [6, 6.07) is 9.97. The van der Waals surface area contributed by atoms with Crippen LogP contribution in [0.25, 0.3) is 11.1 Å². The maximum atomic E-state index is 13.3. The molecule has 4 rings (SSSR count). The van der Waals surface area contributed by atoms with Crippen LogP contribution in [0.3, 0.4) is 0 Å². The average Bonchev–Trinajstić information content (AvgIpc) is 3.51. The highest BCUT2D eigenvalue weighted by Gasteiger charge is 2.39. The molecule has 8 heteroatoms. The smallest absolute Gasteiger partial charge is 0.256 e. The maximum Gasteiger partial charge on any atom is 0.256 e. The molecular formula is C25H32N6O2. The van der Waals surface area contributed by atoms with E-state index in [1.54, 1.807) is 0 Å². The third-order valence-corrected chi connectivity index (χ3v) is 6.13. The van der Waals surface area contributed by atoms with Gasteiger partial charge in [0.05, 0.1) is 23.4 Å². The number of H-pyrrole nitrogens is 1. The van der Waals surface area contributed by atoms with E-state index in [0.29, 0.717) is 17.8 Å². The molecule has 0 fully saturated rings. The Balaban J connectivity index is 1.59. The SMILES string of the molecule is CCCCCCOc1ccc([C@]2(C)CC(c3ccn(CC)n3)=C(c3ncn[nH]3)C(=O)N2)cc1. The second-order valence-corrected chi connectivity index (χ2v) is 8.64. The number of carbonyl (C=O) groups excluding carboxylic acids is 1. The number of aromatic nitrogens is 5. The zero-order chi connectivity index (χ0) is 23.3. The lowest BCUT2D eigenvalue weighted by molar-refractivity contribution is -0.117. The van der Waals surface area contributed by atoms with Gasteiger partial charge in [0, 0.05) is 19.2 Å². The summed E-state index contributed by atoms with van der Waals surface area (Å²) in [7, 11) is 0. The van der Waals surface area contributed by atoms with Crippen molar-refractivity contribution >= 4 is 17.1 Å². The summed E-state index contributed by atoms with van der Waals surface area (Å²) in [5, 5.41) is 14.6. The molecule has 174 valence electrons. The van der Waals surface area contributed by atoms with Crippen molar-refractivity contribution in [1.29, 1.82) is 0 Å². The molecule has 0 bridgehead atoms. The molecule has 1 aliphatic heterocycles. The minimum Gasteiger partial charge on any atom is -0.494 e. The number of rotatable bonds is 10.